The second kappa shape index (κ2) is 10.1. The van der Waals surface area contributed by atoms with Crippen molar-refractivity contribution in [2.24, 2.45) is 0 Å². The third kappa shape index (κ3) is 5.98. The highest BCUT2D eigenvalue weighted by Gasteiger charge is 2.20. The van der Waals surface area contributed by atoms with Crippen LogP contribution in [0.15, 0.2) is 24.3 Å². The third-order valence-electron chi connectivity index (χ3n) is 5.64. The van der Waals surface area contributed by atoms with Gasteiger partial charge in [-0.25, -0.2) is 0 Å². The molecular formula is C21H34N2O2. The molecule has 140 valence electrons. The van der Waals surface area contributed by atoms with Crippen molar-refractivity contribution in [2.45, 2.75) is 38.0 Å². The molecule has 0 N–H and O–H groups in total. The van der Waals surface area contributed by atoms with Crippen LogP contribution in [-0.2, 0) is 4.74 Å². The predicted molar refractivity (Wildman–Crippen MR) is 103 cm³/mol. The highest BCUT2D eigenvalue weighted by Crippen LogP contribution is 2.29. The van der Waals surface area contributed by atoms with Crippen molar-refractivity contribution in [3.8, 4) is 5.75 Å². The number of likely N-dealkylation sites (tertiary alicyclic amines) is 2. The van der Waals surface area contributed by atoms with E-state index in [0.29, 0.717) is 5.92 Å². The number of methoxy groups -OCH3 is 1. The number of rotatable bonds is 9. The number of benzene rings is 1. The maximum atomic E-state index is 5.92. The summed E-state index contributed by atoms with van der Waals surface area (Å²) in [4.78, 5) is 5.06. The van der Waals surface area contributed by atoms with Crippen LogP contribution < -0.4 is 4.74 Å². The second-order valence-corrected chi connectivity index (χ2v) is 7.43. The summed E-state index contributed by atoms with van der Waals surface area (Å²) in [5.41, 5.74) is 1.47. The van der Waals surface area contributed by atoms with E-state index in [-0.39, 0.29) is 0 Å². The number of hydrogen-bond donors (Lipinski definition) is 0. The minimum Gasteiger partial charge on any atom is -0.494 e. The zero-order valence-electron chi connectivity index (χ0n) is 15.8. The molecule has 0 saturated carbocycles. The van der Waals surface area contributed by atoms with Gasteiger partial charge in [-0.3, -0.25) is 0 Å². The summed E-state index contributed by atoms with van der Waals surface area (Å²) in [6.45, 7) is 8.83. The first-order valence-electron chi connectivity index (χ1n) is 10.0. The van der Waals surface area contributed by atoms with Crippen molar-refractivity contribution < 1.29 is 9.47 Å². The Morgan fingerprint density at radius 3 is 2.24 bits per heavy atom. The molecule has 1 aromatic rings. The molecule has 0 aromatic heterocycles. The topological polar surface area (TPSA) is 24.9 Å². The zero-order chi connectivity index (χ0) is 17.3. The van der Waals surface area contributed by atoms with Crippen LogP contribution in [0.25, 0.3) is 0 Å². The summed E-state index contributed by atoms with van der Waals surface area (Å²) in [7, 11) is 1.78. The standard InChI is InChI=1S/C21H34N2O2/c1-24-18-16-23-14-9-20(10-15-23)19-5-7-21(8-6-19)25-17-4-13-22-11-2-3-12-22/h5-8,20H,2-4,9-18H2,1H3. The molecule has 0 amide bonds. The van der Waals surface area contributed by atoms with E-state index in [1.807, 2.05) is 0 Å². The maximum Gasteiger partial charge on any atom is 0.119 e. The molecule has 25 heavy (non-hydrogen) atoms. The van der Waals surface area contributed by atoms with Gasteiger partial charge in [-0.15, -0.1) is 0 Å². The van der Waals surface area contributed by atoms with Crippen molar-refractivity contribution in [1.82, 2.24) is 9.80 Å². The average molecular weight is 347 g/mol. The van der Waals surface area contributed by atoms with Crippen LogP contribution in [0.2, 0.25) is 0 Å². The summed E-state index contributed by atoms with van der Waals surface area (Å²) in [6.07, 6.45) is 6.36. The van der Waals surface area contributed by atoms with Gasteiger partial charge < -0.3 is 19.3 Å². The summed E-state index contributed by atoms with van der Waals surface area (Å²) < 4.78 is 11.1. The molecule has 0 atom stereocenters. The van der Waals surface area contributed by atoms with Crippen LogP contribution in [0.4, 0.5) is 0 Å². The lowest BCUT2D eigenvalue weighted by atomic mass is 9.89. The van der Waals surface area contributed by atoms with E-state index in [2.05, 4.69) is 34.1 Å². The molecule has 0 bridgehead atoms. The Hall–Kier alpha value is -1.10. The van der Waals surface area contributed by atoms with Crippen LogP contribution in [0.5, 0.6) is 5.75 Å². The molecule has 2 saturated heterocycles. The van der Waals surface area contributed by atoms with E-state index in [1.54, 1.807) is 7.11 Å². The molecule has 0 radical (unpaired) electrons. The number of ether oxygens (including phenoxy) is 2. The summed E-state index contributed by atoms with van der Waals surface area (Å²) in [5.74, 6) is 1.71. The van der Waals surface area contributed by atoms with Gasteiger partial charge in [0.15, 0.2) is 0 Å². The minimum atomic E-state index is 0.697. The van der Waals surface area contributed by atoms with Crippen LogP contribution in [-0.4, -0.2) is 69.4 Å². The Balaban J connectivity index is 1.35. The maximum absolute atomic E-state index is 5.92. The smallest absolute Gasteiger partial charge is 0.119 e. The first-order valence-corrected chi connectivity index (χ1v) is 10.0. The molecule has 4 heteroatoms. The van der Waals surface area contributed by atoms with Gasteiger partial charge in [-0.05, 0) is 81.9 Å². The van der Waals surface area contributed by atoms with Gasteiger partial charge in [0.25, 0.3) is 0 Å². The Morgan fingerprint density at radius 2 is 1.56 bits per heavy atom. The molecule has 3 rings (SSSR count). The van der Waals surface area contributed by atoms with Gasteiger partial charge in [0, 0.05) is 20.2 Å². The van der Waals surface area contributed by atoms with Gasteiger partial charge in [0.2, 0.25) is 0 Å². The van der Waals surface area contributed by atoms with Crippen LogP contribution in [0, 0.1) is 0 Å². The van der Waals surface area contributed by atoms with E-state index >= 15 is 0 Å². The van der Waals surface area contributed by atoms with Crippen LogP contribution >= 0.6 is 0 Å². The lowest BCUT2D eigenvalue weighted by Gasteiger charge is -2.32. The van der Waals surface area contributed by atoms with Gasteiger partial charge in [0.05, 0.1) is 13.2 Å². The van der Waals surface area contributed by atoms with E-state index in [9.17, 15) is 0 Å². The van der Waals surface area contributed by atoms with Crippen molar-refractivity contribution in [1.29, 1.82) is 0 Å². The Bertz CT molecular complexity index is 477. The van der Waals surface area contributed by atoms with E-state index < -0.39 is 0 Å². The van der Waals surface area contributed by atoms with E-state index in [0.717, 1.165) is 31.9 Å². The largest absolute Gasteiger partial charge is 0.494 e. The first-order chi connectivity index (χ1) is 12.3. The fourth-order valence-electron chi connectivity index (χ4n) is 4.03. The predicted octanol–water partition coefficient (Wildman–Crippen LogP) is 3.38. The normalized spacial score (nSPS) is 20.2. The van der Waals surface area contributed by atoms with Crippen LogP contribution in [0.3, 0.4) is 0 Å². The molecule has 0 spiro atoms. The van der Waals surface area contributed by atoms with Gasteiger partial charge >= 0.3 is 0 Å². The van der Waals surface area contributed by atoms with E-state index in [4.69, 9.17) is 9.47 Å². The second-order valence-electron chi connectivity index (χ2n) is 7.43. The fraction of sp³-hybridized carbons (Fsp3) is 0.714. The third-order valence-corrected chi connectivity index (χ3v) is 5.64. The summed E-state index contributed by atoms with van der Waals surface area (Å²) in [5, 5.41) is 0. The van der Waals surface area contributed by atoms with Crippen molar-refractivity contribution in [2.75, 3.05) is 59.6 Å². The molecule has 2 aliphatic rings. The molecule has 2 heterocycles. The molecule has 0 unspecified atom stereocenters. The molecule has 2 fully saturated rings. The molecular weight excluding hydrogens is 312 g/mol. The van der Waals surface area contributed by atoms with Gasteiger partial charge in [-0.2, -0.15) is 0 Å². The number of piperidine rings is 1. The van der Waals surface area contributed by atoms with Crippen LogP contribution in [0.1, 0.15) is 43.6 Å². The van der Waals surface area contributed by atoms with Gasteiger partial charge in [-0.1, -0.05) is 12.1 Å². The first kappa shape index (κ1) is 18.7. The Labute approximate surface area is 153 Å². The lowest BCUT2D eigenvalue weighted by molar-refractivity contribution is 0.130. The molecule has 0 aliphatic carbocycles. The number of nitrogens with zero attached hydrogens (tertiary/aromatic N) is 2. The zero-order valence-corrected chi connectivity index (χ0v) is 15.8. The van der Waals surface area contributed by atoms with Crippen molar-refractivity contribution in [3.63, 3.8) is 0 Å². The Kier molecular flexibility index (Phi) is 7.58. The quantitative estimate of drug-likeness (QED) is 0.640. The highest BCUT2D eigenvalue weighted by molar-refractivity contribution is 5.29. The molecule has 4 nitrogen and oxygen atoms in total. The van der Waals surface area contributed by atoms with Gasteiger partial charge in [0.1, 0.15) is 5.75 Å². The average Bonchev–Trinajstić information content (AvgIpc) is 3.18. The fourth-order valence-corrected chi connectivity index (χ4v) is 4.03. The molecule has 2 aliphatic heterocycles. The van der Waals surface area contributed by atoms with Crippen molar-refractivity contribution >= 4 is 0 Å². The minimum absolute atomic E-state index is 0.697. The van der Waals surface area contributed by atoms with E-state index in [1.165, 1.54) is 64.0 Å². The summed E-state index contributed by atoms with van der Waals surface area (Å²) in [6, 6.07) is 8.85. The lowest BCUT2D eigenvalue weighted by Crippen LogP contribution is -2.35. The highest BCUT2D eigenvalue weighted by atomic mass is 16.5. The summed E-state index contributed by atoms with van der Waals surface area (Å²) >= 11 is 0. The number of hydrogen-bond acceptors (Lipinski definition) is 4. The Morgan fingerprint density at radius 1 is 0.880 bits per heavy atom. The monoisotopic (exact) mass is 346 g/mol. The van der Waals surface area contributed by atoms with Crippen molar-refractivity contribution in [3.05, 3.63) is 29.8 Å². The molecule has 1 aromatic carbocycles. The SMILES string of the molecule is COCCN1CCC(c2ccc(OCCCN3CCCC3)cc2)CC1.